The Balaban J connectivity index is 2.53. The summed E-state index contributed by atoms with van der Waals surface area (Å²) in [4.78, 5) is 12.3. The molecule has 0 saturated carbocycles. The lowest BCUT2D eigenvalue weighted by Crippen LogP contribution is -1.75. The van der Waals surface area contributed by atoms with Crippen molar-refractivity contribution in [3.05, 3.63) is 44.7 Å². The molecule has 1 aromatic heterocycles. The van der Waals surface area contributed by atoms with Gasteiger partial charge in [0.1, 0.15) is 0 Å². The lowest BCUT2D eigenvalue weighted by molar-refractivity contribution is 0.112. The second-order valence-electron chi connectivity index (χ2n) is 2.92. The molecule has 0 unspecified atom stereocenters. The SMILES string of the molecule is O=Cc1ccc(-c2cccc(Cl)c2Br)s1. The molecular formula is C11H6BrClOS. The van der Waals surface area contributed by atoms with E-state index in [1.165, 1.54) is 11.3 Å². The standard InChI is InChI=1S/C11H6BrClOS/c12-11-8(2-1-3-9(11)13)10-5-4-7(6-14)15-10/h1-6H. The molecule has 2 rings (SSSR count). The number of carbonyl (C=O) groups excluding carboxylic acids is 1. The van der Waals surface area contributed by atoms with Crippen molar-refractivity contribution >= 4 is 45.2 Å². The van der Waals surface area contributed by atoms with Crippen molar-refractivity contribution in [3.8, 4) is 10.4 Å². The van der Waals surface area contributed by atoms with E-state index in [9.17, 15) is 4.79 Å². The summed E-state index contributed by atoms with van der Waals surface area (Å²) in [5.74, 6) is 0. The molecule has 0 N–H and O–H groups in total. The van der Waals surface area contributed by atoms with Crippen LogP contribution in [-0.4, -0.2) is 6.29 Å². The number of halogens is 2. The van der Waals surface area contributed by atoms with Gasteiger partial charge in [-0.3, -0.25) is 4.79 Å². The maximum Gasteiger partial charge on any atom is 0.160 e. The molecule has 76 valence electrons. The Kier molecular flexibility index (Phi) is 3.24. The highest BCUT2D eigenvalue weighted by Gasteiger charge is 2.08. The van der Waals surface area contributed by atoms with Crippen LogP contribution in [-0.2, 0) is 0 Å². The first-order chi connectivity index (χ1) is 7.22. The van der Waals surface area contributed by atoms with E-state index in [1.807, 2.05) is 24.3 Å². The molecule has 0 aliphatic heterocycles. The summed E-state index contributed by atoms with van der Waals surface area (Å²) in [6, 6.07) is 9.41. The third-order valence-electron chi connectivity index (χ3n) is 1.96. The molecule has 2 aromatic rings. The average Bonchev–Trinajstić information content (AvgIpc) is 2.70. The minimum Gasteiger partial charge on any atom is -0.297 e. The van der Waals surface area contributed by atoms with Gasteiger partial charge in [-0.15, -0.1) is 11.3 Å². The predicted molar refractivity (Wildman–Crippen MR) is 67.9 cm³/mol. The predicted octanol–water partition coefficient (Wildman–Crippen LogP) is 4.64. The first-order valence-corrected chi connectivity index (χ1v) is 6.20. The molecule has 0 bridgehead atoms. The fourth-order valence-corrected chi connectivity index (χ4v) is 2.89. The van der Waals surface area contributed by atoms with E-state index in [-0.39, 0.29) is 0 Å². The van der Waals surface area contributed by atoms with E-state index in [1.54, 1.807) is 6.07 Å². The van der Waals surface area contributed by atoms with Gasteiger partial charge >= 0.3 is 0 Å². The highest BCUT2D eigenvalue weighted by molar-refractivity contribution is 9.10. The average molecular weight is 302 g/mol. The molecule has 0 aliphatic carbocycles. The highest BCUT2D eigenvalue weighted by Crippen LogP contribution is 2.36. The summed E-state index contributed by atoms with van der Waals surface area (Å²) in [6.45, 7) is 0. The largest absolute Gasteiger partial charge is 0.297 e. The van der Waals surface area contributed by atoms with Gasteiger partial charge in [0, 0.05) is 14.9 Å². The van der Waals surface area contributed by atoms with Gasteiger partial charge in [0.2, 0.25) is 0 Å². The summed E-state index contributed by atoms with van der Waals surface area (Å²) >= 11 is 10.9. The second kappa shape index (κ2) is 4.47. The normalized spacial score (nSPS) is 10.3. The van der Waals surface area contributed by atoms with Crippen molar-refractivity contribution < 1.29 is 4.79 Å². The Morgan fingerprint density at radius 1 is 1.27 bits per heavy atom. The first kappa shape index (κ1) is 10.9. The lowest BCUT2D eigenvalue weighted by atomic mass is 10.2. The zero-order valence-corrected chi connectivity index (χ0v) is 10.7. The van der Waals surface area contributed by atoms with E-state index in [0.717, 1.165) is 26.1 Å². The van der Waals surface area contributed by atoms with Crippen LogP contribution in [0.4, 0.5) is 0 Å². The number of benzene rings is 1. The van der Waals surface area contributed by atoms with Crippen molar-refractivity contribution in [3.63, 3.8) is 0 Å². The van der Waals surface area contributed by atoms with Gasteiger partial charge in [0.05, 0.1) is 9.90 Å². The van der Waals surface area contributed by atoms with E-state index < -0.39 is 0 Å². The van der Waals surface area contributed by atoms with Crippen LogP contribution in [0.25, 0.3) is 10.4 Å². The molecule has 1 nitrogen and oxygen atoms in total. The third-order valence-corrected chi connectivity index (χ3v) is 4.40. The molecule has 1 aromatic carbocycles. The summed E-state index contributed by atoms with van der Waals surface area (Å²) in [5.41, 5.74) is 1.01. The van der Waals surface area contributed by atoms with Crippen molar-refractivity contribution in [2.45, 2.75) is 0 Å². The molecule has 1 heterocycles. The summed E-state index contributed by atoms with van der Waals surface area (Å²) < 4.78 is 0.867. The van der Waals surface area contributed by atoms with Crippen molar-refractivity contribution in [2.24, 2.45) is 0 Å². The van der Waals surface area contributed by atoms with Gasteiger partial charge in [-0.25, -0.2) is 0 Å². The lowest BCUT2D eigenvalue weighted by Gasteiger charge is -2.02. The van der Waals surface area contributed by atoms with Crippen LogP contribution in [0.15, 0.2) is 34.8 Å². The molecule has 0 amide bonds. The van der Waals surface area contributed by atoms with Gasteiger partial charge in [-0.05, 0) is 34.1 Å². The van der Waals surface area contributed by atoms with E-state index >= 15 is 0 Å². The van der Waals surface area contributed by atoms with Crippen molar-refractivity contribution in [2.75, 3.05) is 0 Å². The van der Waals surface area contributed by atoms with Crippen LogP contribution in [0.5, 0.6) is 0 Å². The Labute approximate surface area is 105 Å². The van der Waals surface area contributed by atoms with Crippen LogP contribution in [0.2, 0.25) is 5.02 Å². The van der Waals surface area contributed by atoms with Crippen LogP contribution in [0, 0.1) is 0 Å². The molecule has 0 saturated heterocycles. The van der Waals surface area contributed by atoms with Gasteiger partial charge < -0.3 is 0 Å². The number of thiophene rings is 1. The Morgan fingerprint density at radius 2 is 2.07 bits per heavy atom. The Hall–Kier alpha value is -0.640. The monoisotopic (exact) mass is 300 g/mol. The molecular weight excluding hydrogens is 296 g/mol. The molecule has 0 spiro atoms. The van der Waals surface area contributed by atoms with Crippen LogP contribution < -0.4 is 0 Å². The van der Waals surface area contributed by atoms with Crippen LogP contribution in [0.3, 0.4) is 0 Å². The smallest absolute Gasteiger partial charge is 0.160 e. The van der Waals surface area contributed by atoms with E-state index in [2.05, 4.69) is 15.9 Å². The van der Waals surface area contributed by atoms with Crippen LogP contribution >= 0.6 is 38.9 Å². The minimum atomic E-state index is 0.675. The number of carbonyl (C=O) groups is 1. The van der Waals surface area contributed by atoms with Crippen LogP contribution in [0.1, 0.15) is 9.67 Å². The molecule has 0 fully saturated rings. The number of hydrogen-bond acceptors (Lipinski definition) is 2. The zero-order chi connectivity index (χ0) is 10.8. The van der Waals surface area contributed by atoms with Crippen molar-refractivity contribution in [1.82, 2.24) is 0 Å². The second-order valence-corrected chi connectivity index (χ2v) is 5.24. The fourth-order valence-electron chi connectivity index (χ4n) is 1.26. The summed E-state index contributed by atoms with van der Waals surface area (Å²) in [7, 11) is 0. The van der Waals surface area contributed by atoms with Gasteiger partial charge in [-0.2, -0.15) is 0 Å². The maximum absolute atomic E-state index is 10.6. The Morgan fingerprint density at radius 3 is 2.73 bits per heavy atom. The molecule has 0 atom stereocenters. The fraction of sp³-hybridized carbons (Fsp3) is 0. The Bertz CT molecular complexity index is 507. The first-order valence-electron chi connectivity index (χ1n) is 4.22. The van der Waals surface area contributed by atoms with Crippen molar-refractivity contribution in [1.29, 1.82) is 0 Å². The molecule has 4 heteroatoms. The summed E-state index contributed by atoms with van der Waals surface area (Å²) in [5, 5.41) is 0.675. The van der Waals surface area contributed by atoms with Gasteiger partial charge in [-0.1, -0.05) is 23.7 Å². The van der Waals surface area contributed by atoms with Gasteiger partial charge in [0.25, 0.3) is 0 Å². The third kappa shape index (κ3) is 2.14. The quantitative estimate of drug-likeness (QED) is 0.738. The molecule has 0 aliphatic rings. The zero-order valence-electron chi connectivity index (χ0n) is 7.54. The molecule has 0 radical (unpaired) electrons. The number of hydrogen-bond donors (Lipinski definition) is 0. The minimum absolute atomic E-state index is 0.675. The topological polar surface area (TPSA) is 17.1 Å². The number of rotatable bonds is 2. The summed E-state index contributed by atoms with van der Waals surface area (Å²) in [6.07, 6.45) is 0.854. The van der Waals surface area contributed by atoms with Gasteiger partial charge in [0.15, 0.2) is 6.29 Å². The van der Waals surface area contributed by atoms with E-state index in [4.69, 9.17) is 11.6 Å². The molecule has 15 heavy (non-hydrogen) atoms. The number of aldehydes is 1. The maximum atomic E-state index is 10.6. The van der Waals surface area contributed by atoms with E-state index in [0.29, 0.717) is 5.02 Å². The highest BCUT2D eigenvalue weighted by atomic mass is 79.9.